The van der Waals surface area contributed by atoms with Gasteiger partial charge < -0.3 is 10.8 Å². The van der Waals surface area contributed by atoms with Crippen LogP contribution in [0.15, 0.2) is 12.2 Å². The normalized spacial score (nSPS) is 17.6. The van der Waals surface area contributed by atoms with Crippen LogP contribution in [0.25, 0.3) is 0 Å². The first-order chi connectivity index (χ1) is 6.52. The molecule has 0 aromatic carbocycles. The van der Waals surface area contributed by atoms with Crippen molar-refractivity contribution in [2.24, 2.45) is 5.73 Å². The van der Waals surface area contributed by atoms with E-state index >= 15 is 0 Å². The highest BCUT2D eigenvalue weighted by atomic mass is 16.4. The Bertz CT molecular complexity index is 292. The fourth-order valence-corrected chi connectivity index (χ4v) is 1.04. The molecule has 3 N–H and O–H groups in total. The second kappa shape index (κ2) is 4.01. The van der Waals surface area contributed by atoms with Crippen molar-refractivity contribution in [1.29, 1.82) is 0 Å². The van der Waals surface area contributed by atoms with E-state index in [1.807, 2.05) is 0 Å². The van der Waals surface area contributed by atoms with E-state index in [2.05, 4.69) is 0 Å². The van der Waals surface area contributed by atoms with Crippen LogP contribution < -0.4 is 5.73 Å². The lowest BCUT2D eigenvalue weighted by Gasteiger charge is -2.14. The van der Waals surface area contributed by atoms with E-state index in [1.54, 1.807) is 0 Å². The van der Waals surface area contributed by atoms with E-state index in [1.165, 1.54) is 0 Å². The van der Waals surface area contributed by atoms with Crippen LogP contribution in [0, 0.1) is 0 Å². The number of imide groups is 1. The summed E-state index contributed by atoms with van der Waals surface area (Å²) in [5, 5.41) is 8.46. The molecule has 1 heterocycles. The van der Waals surface area contributed by atoms with Gasteiger partial charge in [-0.05, 0) is 6.42 Å². The van der Waals surface area contributed by atoms with E-state index in [0.29, 0.717) is 0 Å². The average Bonchev–Trinajstić information content (AvgIpc) is 2.43. The number of nitrogens with zero attached hydrogens (tertiary/aromatic N) is 1. The van der Waals surface area contributed by atoms with Gasteiger partial charge >= 0.3 is 5.97 Å². The van der Waals surface area contributed by atoms with Crippen molar-refractivity contribution in [2.45, 2.75) is 12.5 Å². The van der Waals surface area contributed by atoms with E-state index in [-0.39, 0.29) is 13.0 Å². The molecule has 0 saturated carbocycles. The third-order valence-corrected chi connectivity index (χ3v) is 1.88. The Hall–Kier alpha value is -1.69. The van der Waals surface area contributed by atoms with Gasteiger partial charge in [-0.1, -0.05) is 0 Å². The summed E-state index contributed by atoms with van der Waals surface area (Å²) >= 11 is 0. The summed E-state index contributed by atoms with van der Waals surface area (Å²) in [4.78, 5) is 33.3. The molecule has 76 valence electrons. The number of carbonyl (C=O) groups is 3. The van der Waals surface area contributed by atoms with Gasteiger partial charge in [0.2, 0.25) is 0 Å². The lowest BCUT2D eigenvalue weighted by atomic mass is 10.2. The van der Waals surface area contributed by atoms with E-state index in [0.717, 1.165) is 17.1 Å². The summed E-state index contributed by atoms with van der Waals surface area (Å²) < 4.78 is 0. The Morgan fingerprint density at radius 1 is 1.43 bits per heavy atom. The van der Waals surface area contributed by atoms with Gasteiger partial charge in [0.15, 0.2) is 0 Å². The van der Waals surface area contributed by atoms with Gasteiger partial charge in [0.25, 0.3) is 11.8 Å². The minimum absolute atomic E-state index is 0.0398. The molecule has 0 saturated heterocycles. The number of hydrogen-bond acceptors (Lipinski definition) is 4. The summed E-state index contributed by atoms with van der Waals surface area (Å²) in [6.45, 7) is 0.0398. The number of carboxylic acid groups (broad SMARTS) is 1. The van der Waals surface area contributed by atoms with Crippen molar-refractivity contribution in [3.8, 4) is 0 Å². The molecule has 14 heavy (non-hydrogen) atoms. The van der Waals surface area contributed by atoms with Crippen LogP contribution in [0.4, 0.5) is 0 Å². The molecule has 0 bridgehead atoms. The smallest absolute Gasteiger partial charge is 0.320 e. The molecule has 0 aromatic heterocycles. The van der Waals surface area contributed by atoms with Crippen LogP contribution in [0.5, 0.6) is 0 Å². The predicted molar refractivity (Wildman–Crippen MR) is 46.1 cm³/mol. The van der Waals surface area contributed by atoms with Crippen molar-refractivity contribution >= 4 is 17.8 Å². The minimum atomic E-state index is -1.14. The predicted octanol–water partition coefficient (Wildman–Crippen LogP) is -1.29. The van der Waals surface area contributed by atoms with Crippen LogP contribution in [0.2, 0.25) is 0 Å². The highest BCUT2D eigenvalue weighted by Crippen LogP contribution is 2.04. The van der Waals surface area contributed by atoms with Crippen molar-refractivity contribution < 1.29 is 19.5 Å². The quantitative estimate of drug-likeness (QED) is 0.547. The molecule has 0 aliphatic carbocycles. The van der Waals surface area contributed by atoms with Crippen LogP contribution in [0.1, 0.15) is 6.42 Å². The zero-order valence-corrected chi connectivity index (χ0v) is 7.34. The lowest BCUT2D eigenvalue weighted by Crippen LogP contribution is -2.38. The maximum absolute atomic E-state index is 11.0. The first-order valence-electron chi connectivity index (χ1n) is 4.04. The zero-order valence-electron chi connectivity index (χ0n) is 7.34. The Morgan fingerprint density at radius 3 is 2.36 bits per heavy atom. The summed E-state index contributed by atoms with van der Waals surface area (Å²) in [7, 11) is 0. The van der Waals surface area contributed by atoms with E-state index < -0.39 is 23.8 Å². The number of aliphatic carboxylic acids is 1. The van der Waals surface area contributed by atoms with Gasteiger partial charge in [-0.3, -0.25) is 19.3 Å². The van der Waals surface area contributed by atoms with Crippen molar-refractivity contribution in [3.05, 3.63) is 12.2 Å². The molecular formula is C8H10N2O4. The topological polar surface area (TPSA) is 101 Å². The maximum atomic E-state index is 11.0. The lowest BCUT2D eigenvalue weighted by molar-refractivity contribution is -0.141. The molecule has 1 atom stereocenters. The van der Waals surface area contributed by atoms with E-state index in [9.17, 15) is 14.4 Å². The zero-order chi connectivity index (χ0) is 10.7. The summed E-state index contributed by atoms with van der Waals surface area (Å²) in [6, 6.07) is -1.05. The van der Waals surface area contributed by atoms with Gasteiger partial charge in [0, 0.05) is 18.7 Å². The Labute approximate surface area is 80.0 Å². The molecule has 1 rings (SSSR count). The molecule has 6 heteroatoms. The molecule has 2 amide bonds. The largest absolute Gasteiger partial charge is 0.480 e. The first-order valence-corrected chi connectivity index (χ1v) is 4.04. The second-order valence-corrected chi connectivity index (χ2v) is 2.89. The molecule has 6 nitrogen and oxygen atoms in total. The molecule has 1 aliphatic rings. The fourth-order valence-electron chi connectivity index (χ4n) is 1.04. The fraction of sp³-hybridized carbons (Fsp3) is 0.375. The molecule has 0 spiro atoms. The average molecular weight is 198 g/mol. The van der Waals surface area contributed by atoms with Crippen molar-refractivity contribution in [2.75, 3.05) is 6.54 Å². The number of amides is 2. The molecular weight excluding hydrogens is 188 g/mol. The van der Waals surface area contributed by atoms with Gasteiger partial charge in [-0.2, -0.15) is 0 Å². The Morgan fingerprint density at radius 2 is 1.93 bits per heavy atom. The number of hydrogen-bond donors (Lipinski definition) is 2. The first kappa shape index (κ1) is 10.4. The van der Waals surface area contributed by atoms with Crippen LogP contribution in [-0.4, -0.2) is 40.4 Å². The molecule has 0 radical (unpaired) electrons. The van der Waals surface area contributed by atoms with Crippen LogP contribution in [0.3, 0.4) is 0 Å². The number of carboxylic acids is 1. The van der Waals surface area contributed by atoms with Crippen LogP contribution in [-0.2, 0) is 14.4 Å². The molecule has 0 unspecified atom stereocenters. The number of rotatable bonds is 4. The summed E-state index contributed by atoms with van der Waals surface area (Å²) in [5.41, 5.74) is 5.22. The van der Waals surface area contributed by atoms with Crippen LogP contribution >= 0.6 is 0 Å². The van der Waals surface area contributed by atoms with Gasteiger partial charge in [-0.15, -0.1) is 0 Å². The molecule has 1 aliphatic heterocycles. The van der Waals surface area contributed by atoms with Crippen molar-refractivity contribution in [1.82, 2.24) is 4.90 Å². The third kappa shape index (κ3) is 2.17. The molecule has 0 fully saturated rings. The summed E-state index contributed by atoms with van der Waals surface area (Å²) in [5.74, 6) is -1.99. The Kier molecular flexibility index (Phi) is 2.98. The minimum Gasteiger partial charge on any atom is -0.480 e. The van der Waals surface area contributed by atoms with Gasteiger partial charge in [0.05, 0.1) is 0 Å². The molecule has 0 aromatic rings. The third-order valence-electron chi connectivity index (χ3n) is 1.88. The second-order valence-electron chi connectivity index (χ2n) is 2.89. The standard InChI is InChI=1S/C8H10N2O4/c9-5(8(13)14)3-4-10-6(11)1-2-7(10)12/h1-2,5H,3-4,9H2,(H,13,14)/t5-/m1/s1. The highest BCUT2D eigenvalue weighted by molar-refractivity contribution is 6.12. The van der Waals surface area contributed by atoms with Gasteiger partial charge in [0.1, 0.15) is 6.04 Å². The summed E-state index contributed by atoms with van der Waals surface area (Å²) in [6.07, 6.45) is 2.36. The number of nitrogens with two attached hydrogens (primary N) is 1. The number of carbonyl (C=O) groups excluding carboxylic acids is 2. The van der Waals surface area contributed by atoms with Crippen molar-refractivity contribution in [3.63, 3.8) is 0 Å². The SMILES string of the molecule is N[C@H](CCN1C(=O)C=CC1=O)C(=O)O. The highest BCUT2D eigenvalue weighted by Gasteiger charge is 2.24. The monoisotopic (exact) mass is 198 g/mol. The Balaban J connectivity index is 2.43. The maximum Gasteiger partial charge on any atom is 0.320 e. The van der Waals surface area contributed by atoms with Gasteiger partial charge in [-0.25, -0.2) is 0 Å². The van der Waals surface area contributed by atoms with E-state index in [4.69, 9.17) is 10.8 Å².